The molecule has 0 aliphatic carbocycles. The fraction of sp³-hybridized carbons (Fsp3) is 0.316. The van der Waals surface area contributed by atoms with E-state index in [-0.39, 0.29) is 12.4 Å². The molecule has 0 fully saturated rings. The predicted molar refractivity (Wildman–Crippen MR) is 98.6 cm³/mol. The second-order valence-electron chi connectivity index (χ2n) is 6.24. The molecule has 1 aliphatic heterocycles. The van der Waals surface area contributed by atoms with E-state index in [0.29, 0.717) is 0 Å². The van der Waals surface area contributed by atoms with Crippen molar-refractivity contribution >= 4 is 29.1 Å². The standard InChI is InChI=1S/C19H21N3.ClH/c1-13-14(2)21(3)17-8-10-20-19(18(13)17)22-11-9-15-6-4-5-7-16(15)12-22;/h4-8,10H,9,11-12H2,1-3H3;1H. The second-order valence-corrected chi connectivity index (χ2v) is 6.24. The minimum atomic E-state index is 0. The molecule has 3 nitrogen and oxygen atoms in total. The summed E-state index contributed by atoms with van der Waals surface area (Å²) in [5.74, 6) is 1.13. The zero-order valence-corrected chi connectivity index (χ0v) is 14.7. The van der Waals surface area contributed by atoms with Crippen molar-refractivity contribution in [2.24, 2.45) is 7.05 Å². The van der Waals surface area contributed by atoms with Crippen molar-refractivity contribution in [1.82, 2.24) is 9.55 Å². The molecule has 3 heterocycles. The Morgan fingerprint density at radius 2 is 1.78 bits per heavy atom. The lowest BCUT2D eigenvalue weighted by atomic mass is 9.99. The number of hydrogen-bond donors (Lipinski definition) is 0. The third kappa shape index (κ3) is 2.40. The van der Waals surface area contributed by atoms with E-state index in [1.165, 1.54) is 33.3 Å². The summed E-state index contributed by atoms with van der Waals surface area (Å²) in [7, 11) is 2.14. The molecule has 0 saturated carbocycles. The summed E-state index contributed by atoms with van der Waals surface area (Å²) in [6, 6.07) is 10.9. The van der Waals surface area contributed by atoms with E-state index >= 15 is 0 Å². The first kappa shape index (κ1) is 15.9. The summed E-state index contributed by atoms with van der Waals surface area (Å²) in [5.41, 5.74) is 6.85. The van der Waals surface area contributed by atoms with Crippen LogP contribution in [0, 0.1) is 13.8 Å². The van der Waals surface area contributed by atoms with Crippen LogP contribution in [0.1, 0.15) is 22.4 Å². The Balaban J connectivity index is 0.00000156. The molecule has 1 aliphatic rings. The highest BCUT2D eigenvalue weighted by molar-refractivity contribution is 5.94. The maximum atomic E-state index is 4.73. The summed E-state index contributed by atoms with van der Waals surface area (Å²) >= 11 is 0. The van der Waals surface area contributed by atoms with Crippen molar-refractivity contribution < 1.29 is 0 Å². The zero-order chi connectivity index (χ0) is 15.3. The molecule has 0 atom stereocenters. The van der Waals surface area contributed by atoms with Crippen molar-refractivity contribution in [3.8, 4) is 0 Å². The topological polar surface area (TPSA) is 21.1 Å². The molecule has 23 heavy (non-hydrogen) atoms. The lowest BCUT2D eigenvalue weighted by molar-refractivity contribution is 0.724. The third-order valence-corrected chi connectivity index (χ3v) is 5.12. The Bertz CT molecular complexity index is 866. The summed E-state index contributed by atoms with van der Waals surface area (Å²) in [4.78, 5) is 7.16. The first-order valence-corrected chi connectivity index (χ1v) is 7.89. The Morgan fingerprint density at radius 1 is 1.04 bits per heavy atom. The monoisotopic (exact) mass is 327 g/mol. The number of aryl methyl sites for hydroxylation is 2. The molecule has 0 saturated heterocycles. The molecule has 0 amide bonds. The fourth-order valence-electron chi connectivity index (χ4n) is 3.61. The normalized spacial score (nSPS) is 13.8. The number of halogens is 1. The first-order chi connectivity index (χ1) is 10.7. The molecular weight excluding hydrogens is 306 g/mol. The third-order valence-electron chi connectivity index (χ3n) is 5.12. The number of pyridine rings is 1. The Hall–Kier alpha value is -2.00. The molecule has 0 radical (unpaired) electrons. The van der Waals surface area contributed by atoms with Gasteiger partial charge in [-0.1, -0.05) is 24.3 Å². The van der Waals surface area contributed by atoms with Gasteiger partial charge in [-0.3, -0.25) is 0 Å². The van der Waals surface area contributed by atoms with Crippen LogP contribution in [-0.4, -0.2) is 16.1 Å². The van der Waals surface area contributed by atoms with Crippen LogP contribution in [0.25, 0.3) is 10.9 Å². The van der Waals surface area contributed by atoms with Crippen molar-refractivity contribution in [3.05, 3.63) is 58.9 Å². The number of fused-ring (bicyclic) bond motifs is 2. The Kier molecular flexibility index (Phi) is 4.07. The minimum absolute atomic E-state index is 0. The van der Waals surface area contributed by atoms with Gasteiger partial charge in [-0.15, -0.1) is 12.4 Å². The highest BCUT2D eigenvalue weighted by Crippen LogP contribution is 2.33. The number of aromatic nitrogens is 2. The average molecular weight is 328 g/mol. The number of nitrogens with zero attached hydrogens (tertiary/aromatic N) is 3. The quantitative estimate of drug-likeness (QED) is 0.668. The van der Waals surface area contributed by atoms with Gasteiger partial charge in [0.05, 0.1) is 5.52 Å². The van der Waals surface area contributed by atoms with Gasteiger partial charge in [-0.2, -0.15) is 0 Å². The van der Waals surface area contributed by atoms with Crippen LogP contribution in [0.3, 0.4) is 0 Å². The molecule has 120 valence electrons. The number of rotatable bonds is 1. The molecule has 0 unspecified atom stereocenters. The molecule has 0 spiro atoms. The van der Waals surface area contributed by atoms with Crippen LogP contribution < -0.4 is 4.90 Å². The molecule has 4 rings (SSSR count). The maximum Gasteiger partial charge on any atom is 0.138 e. The van der Waals surface area contributed by atoms with Gasteiger partial charge in [0.2, 0.25) is 0 Å². The van der Waals surface area contributed by atoms with Gasteiger partial charge in [-0.05, 0) is 43.0 Å². The van der Waals surface area contributed by atoms with Gasteiger partial charge < -0.3 is 9.47 Å². The highest BCUT2D eigenvalue weighted by atomic mass is 35.5. The summed E-state index contributed by atoms with van der Waals surface area (Å²) in [6.07, 6.45) is 3.04. The number of anilines is 1. The van der Waals surface area contributed by atoms with Gasteiger partial charge in [-0.25, -0.2) is 4.98 Å². The van der Waals surface area contributed by atoms with Gasteiger partial charge in [0.1, 0.15) is 5.82 Å². The largest absolute Gasteiger partial charge is 0.351 e. The van der Waals surface area contributed by atoms with E-state index in [9.17, 15) is 0 Å². The van der Waals surface area contributed by atoms with Crippen molar-refractivity contribution in [1.29, 1.82) is 0 Å². The van der Waals surface area contributed by atoms with Crippen LogP contribution in [-0.2, 0) is 20.0 Å². The van der Waals surface area contributed by atoms with Crippen molar-refractivity contribution in [3.63, 3.8) is 0 Å². The van der Waals surface area contributed by atoms with Gasteiger partial charge >= 0.3 is 0 Å². The Morgan fingerprint density at radius 3 is 2.57 bits per heavy atom. The highest BCUT2D eigenvalue weighted by Gasteiger charge is 2.21. The molecule has 1 aromatic carbocycles. The zero-order valence-electron chi connectivity index (χ0n) is 13.8. The molecular formula is C19H22ClN3. The van der Waals surface area contributed by atoms with Gasteiger partial charge in [0.15, 0.2) is 0 Å². The van der Waals surface area contributed by atoms with E-state index < -0.39 is 0 Å². The van der Waals surface area contributed by atoms with E-state index in [4.69, 9.17) is 4.98 Å². The second kappa shape index (κ2) is 5.89. The van der Waals surface area contributed by atoms with E-state index in [1.807, 2.05) is 6.20 Å². The minimum Gasteiger partial charge on any atom is -0.351 e. The molecule has 3 aromatic rings. The molecule has 0 bridgehead atoms. The van der Waals surface area contributed by atoms with E-state index in [0.717, 1.165) is 25.3 Å². The maximum absolute atomic E-state index is 4.73. The number of benzene rings is 1. The molecule has 0 N–H and O–H groups in total. The number of hydrogen-bond acceptors (Lipinski definition) is 2. The van der Waals surface area contributed by atoms with Crippen LogP contribution in [0.15, 0.2) is 36.5 Å². The average Bonchev–Trinajstić information content (AvgIpc) is 2.79. The van der Waals surface area contributed by atoms with E-state index in [1.54, 1.807) is 0 Å². The van der Waals surface area contributed by atoms with Gasteiger partial charge in [0.25, 0.3) is 0 Å². The summed E-state index contributed by atoms with van der Waals surface area (Å²) in [6.45, 7) is 6.39. The lowest BCUT2D eigenvalue weighted by Gasteiger charge is -2.30. The van der Waals surface area contributed by atoms with Crippen molar-refractivity contribution in [2.45, 2.75) is 26.8 Å². The van der Waals surface area contributed by atoms with Crippen LogP contribution >= 0.6 is 12.4 Å². The van der Waals surface area contributed by atoms with Crippen LogP contribution in [0.5, 0.6) is 0 Å². The fourth-order valence-corrected chi connectivity index (χ4v) is 3.61. The summed E-state index contributed by atoms with van der Waals surface area (Å²) in [5, 5.41) is 1.31. The first-order valence-electron chi connectivity index (χ1n) is 7.89. The summed E-state index contributed by atoms with van der Waals surface area (Å²) < 4.78 is 2.27. The van der Waals surface area contributed by atoms with Crippen LogP contribution in [0.4, 0.5) is 5.82 Å². The van der Waals surface area contributed by atoms with Gasteiger partial charge in [0, 0.05) is 37.4 Å². The SMILES string of the molecule is Cc1c(C)n(C)c2ccnc(N3CCc4ccccc4C3)c12.Cl. The van der Waals surface area contributed by atoms with E-state index in [2.05, 4.69) is 60.7 Å². The molecule has 4 heteroatoms. The lowest BCUT2D eigenvalue weighted by Crippen LogP contribution is -2.31. The smallest absolute Gasteiger partial charge is 0.138 e. The molecule has 2 aromatic heterocycles. The van der Waals surface area contributed by atoms with Crippen molar-refractivity contribution in [2.75, 3.05) is 11.4 Å². The van der Waals surface area contributed by atoms with Crippen LogP contribution in [0.2, 0.25) is 0 Å². The Labute approximate surface area is 143 Å². The predicted octanol–water partition coefficient (Wildman–Crippen LogP) is 4.17.